The third kappa shape index (κ3) is 2.38. The van der Waals surface area contributed by atoms with Crippen LogP contribution in [0.3, 0.4) is 0 Å². The van der Waals surface area contributed by atoms with Crippen LogP contribution in [-0.2, 0) is 15.4 Å². The smallest absolute Gasteiger partial charge is 0.236 e. The van der Waals surface area contributed by atoms with E-state index < -0.39 is 10.0 Å². The lowest BCUT2D eigenvalue weighted by molar-refractivity contribution is 0.588. The highest BCUT2D eigenvalue weighted by Crippen LogP contribution is 2.25. The number of hydrogen-bond donors (Lipinski definition) is 0. The zero-order valence-electron chi connectivity index (χ0n) is 11.3. The number of aromatic nitrogens is 2. The highest BCUT2D eigenvalue weighted by Gasteiger charge is 2.22. The summed E-state index contributed by atoms with van der Waals surface area (Å²) in [6.07, 6.45) is 1.36. The van der Waals surface area contributed by atoms with E-state index in [9.17, 15) is 8.42 Å². The van der Waals surface area contributed by atoms with E-state index in [0.29, 0.717) is 21.3 Å². The van der Waals surface area contributed by atoms with E-state index in [-0.39, 0.29) is 0 Å². The van der Waals surface area contributed by atoms with Crippen LogP contribution in [0.1, 0.15) is 11.1 Å². The summed E-state index contributed by atoms with van der Waals surface area (Å²) in [6, 6.07) is 12.5. The Morgan fingerprint density at radius 2 is 1.95 bits per heavy atom. The molecule has 0 saturated heterocycles. The van der Waals surface area contributed by atoms with E-state index >= 15 is 0 Å². The van der Waals surface area contributed by atoms with E-state index in [1.165, 1.54) is 10.3 Å². The van der Waals surface area contributed by atoms with Crippen LogP contribution in [0.5, 0.6) is 0 Å². The monoisotopic (exact) mass is 364 g/mol. The van der Waals surface area contributed by atoms with Gasteiger partial charge in [0.05, 0.1) is 15.9 Å². The van der Waals surface area contributed by atoms with Gasteiger partial charge < -0.3 is 0 Å². The van der Waals surface area contributed by atoms with Crippen LogP contribution in [-0.4, -0.2) is 17.4 Å². The van der Waals surface area contributed by atoms with Gasteiger partial charge in [-0.2, -0.15) is 0 Å². The van der Waals surface area contributed by atoms with Crippen LogP contribution in [0.15, 0.2) is 53.7 Å². The Balaban J connectivity index is 2.26. The average Bonchev–Trinajstić information content (AvgIpc) is 2.91. The van der Waals surface area contributed by atoms with Crippen molar-refractivity contribution in [2.75, 3.05) is 0 Å². The number of nitrogens with zero attached hydrogens (tertiary/aromatic N) is 2. The molecule has 0 aliphatic heterocycles. The SMILES string of the molecule is Cc1ccc(S(=O)(=O)n2cnc3ccccc32)c(CBr)c1. The Kier molecular flexibility index (Phi) is 3.59. The van der Waals surface area contributed by atoms with Crippen LogP contribution in [0.2, 0.25) is 0 Å². The third-order valence-corrected chi connectivity index (χ3v) is 5.68. The minimum absolute atomic E-state index is 0.299. The van der Waals surface area contributed by atoms with Crippen molar-refractivity contribution in [1.29, 1.82) is 0 Å². The molecule has 0 atom stereocenters. The summed E-state index contributed by atoms with van der Waals surface area (Å²) in [4.78, 5) is 4.45. The number of alkyl halides is 1. The lowest BCUT2D eigenvalue weighted by Gasteiger charge is -2.11. The quantitative estimate of drug-likeness (QED) is 0.668. The summed E-state index contributed by atoms with van der Waals surface area (Å²) >= 11 is 3.36. The number of hydrogen-bond acceptors (Lipinski definition) is 3. The number of fused-ring (bicyclic) bond motifs is 1. The molecule has 2 aromatic carbocycles. The molecule has 21 heavy (non-hydrogen) atoms. The maximum Gasteiger partial charge on any atom is 0.269 e. The Morgan fingerprint density at radius 1 is 1.19 bits per heavy atom. The molecule has 0 bridgehead atoms. The zero-order valence-corrected chi connectivity index (χ0v) is 13.7. The van der Waals surface area contributed by atoms with Crippen molar-refractivity contribution in [3.05, 3.63) is 59.9 Å². The van der Waals surface area contributed by atoms with Crippen molar-refractivity contribution in [2.45, 2.75) is 17.1 Å². The normalized spacial score (nSPS) is 11.9. The standard InChI is InChI=1S/C15H13BrN2O2S/c1-11-6-7-15(12(8-11)9-16)21(19,20)18-10-17-13-4-2-3-5-14(13)18/h2-8,10H,9H2,1H3. The Morgan fingerprint density at radius 3 is 2.71 bits per heavy atom. The molecule has 3 aromatic rings. The first-order valence-electron chi connectivity index (χ1n) is 6.37. The van der Waals surface area contributed by atoms with Crippen LogP contribution < -0.4 is 0 Å². The van der Waals surface area contributed by atoms with Crippen molar-refractivity contribution in [3.8, 4) is 0 Å². The van der Waals surface area contributed by atoms with Gasteiger partial charge in [-0.1, -0.05) is 45.8 Å². The predicted octanol–water partition coefficient (Wildman–Crippen LogP) is 3.48. The van der Waals surface area contributed by atoms with E-state index in [4.69, 9.17) is 0 Å². The number of aryl methyl sites for hydroxylation is 1. The minimum atomic E-state index is -3.66. The fourth-order valence-electron chi connectivity index (χ4n) is 2.30. The lowest BCUT2D eigenvalue weighted by atomic mass is 10.2. The summed E-state index contributed by atoms with van der Waals surface area (Å²) in [5.74, 6) is 0. The van der Waals surface area contributed by atoms with Gasteiger partial charge in [0.2, 0.25) is 0 Å². The first-order chi connectivity index (χ1) is 10.0. The highest BCUT2D eigenvalue weighted by atomic mass is 79.9. The molecule has 0 radical (unpaired) electrons. The molecule has 0 fully saturated rings. The van der Waals surface area contributed by atoms with Crippen molar-refractivity contribution in [3.63, 3.8) is 0 Å². The number of para-hydroxylation sites is 2. The lowest BCUT2D eigenvalue weighted by Crippen LogP contribution is -2.13. The predicted molar refractivity (Wildman–Crippen MR) is 86.1 cm³/mol. The number of imidazole rings is 1. The number of rotatable bonds is 3. The molecule has 0 unspecified atom stereocenters. The second kappa shape index (κ2) is 5.27. The summed E-state index contributed by atoms with van der Waals surface area (Å²) in [5, 5.41) is 0.482. The molecule has 108 valence electrons. The van der Waals surface area contributed by atoms with Crippen LogP contribution >= 0.6 is 15.9 Å². The maximum absolute atomic E-state index is 12.9. The molecule has 0 aliphatic rings. The average molecular weight is 365 g/mol. The summed E-state index contributed by atoms with van der Waals surface area (Å²) in [6.45, 7) is 1.94. The molecular formula is C15H13BrN2O2S. The molecule has 3 rings (SSSR count). The fraction of sp³-hybridized carbons (Fsp3) is 0.133. The highest BCUT2D eigenvalue weighted by molar-refractivity contribution is 9.08. The summed E-state index contributed by atoms with van der Waals surface area (Å²) < 4.78 is 27.0. The van der Waals surface area contributed by atoms with Gasteiger partial charge in [0.25, 0.3) is 10.0 Å². The van der Waals surface area contributed by atoms with Gasteiger partial charge in [-0.25, -0.2) is 17.4 Å². The third-order valence-electron chi connectivity index (χ3n) is 3.32. The minimum Gasteiger partial charge on any atom is -0.236 e. The molecule has 6 heteroatoms. The van der Waals surface area contributed by atoms with Gasteiger partial charge in [-0.3, -0.25) is 0 Å². The second-order valence-corrected chi connectivity index (χ2v) is 7.12. The largest absolute Gasteiger partial charge is 0.269 e. The van der Waals surface area contributed by atoms with Gasteiger partial charge in [0, 0.05) is 5.33 Å². The van der Waals surface area contributed by atoms with Gasteiger partial charge in [-0.05, 0) is 30.7 Å². The first-order valence-corrected chi connectivity index (χ1v) is 8.93. The van der Waals surface area contributed by atoms with Crippen molar-refractivity contribution in [1.82, 2.24) is 8.96 Å². The van der Waals surface area contributed by atoms with E-state index in [1.807, 2.05) is 19.1 Å². The van der Waals surface area contributed by atoms with Crippen LogP contribution in [0.4, 0.5) is 0 Å². The van der Waals surface area contributed by atoms with Crippen molar-refractivity contribution in [2.24, 2.45) is 0 Å². The zero-order chi connectivity index (χ0) is 15.0. The summed E-state index contributed by atoms with van der Waals surface area (Å²) in [5.41, 5.74) is 3.01. The van der Waals surface area contributed by atoms with E-state index in [0.717, 1.165) is 11.1 Å². The molecule has 0 saturated carbocycles. The maximum atomic E-state index is 12.9. The molecule has 0 spiro atoms. The number of benzene rings is 2. The van der Waals surface area contributed by atoms with Crippen LogP contribution in [0, 0.1) is 6.92 Å². The molecule has 0 aliphatic carbocycles. The van der Waals surface area contributed by atoms with Crippen molar-refractivity contribution < 1.29 is 8.42 Å². The molecule has 1 heterocycles. The second-order valence-electron chi connectivity index (χ2n) is 4.78. The van der Waals surface area contributed by atoms with Gasteiger partial charge in [0.1, 0.15) is 6.33 Å². The van der Waals surface area contributed by atoms with Crippen LogP contribution in [0.25, 0.3) is 11.0 Å². The molecule has 0 N–H and O–H groups in total. The molecular weight excluding hydrogens is 352 g/mol. The van der Waals surface area contributed by atoms with Gasteiger partial charge in [-0.15, -0.1) is 0 Å². The van der Waals surface area contributed by atoms with Gasteiger partial charge in [0.15, 0.2) is 0 Å². The van der Waals surface area contributed by atoms with Gasteiger partial charge >= 0.3 is 0 Å². The Hall–Kier alpha value is -1.66. The van der Waals surface area contributed by atoms with E-state index in [2.05, 4.69) is 20.9 Å². The number of halogens is 1. The molecule has 1 aromatic heterocycles. The molecule has 0 amide bonds. The van der Waals surface area contributed by atoms with Crippen molar-refractivity contribution >= 4 is 37.0 Å². The molecule has 4 nitrogen and oxygen atoms in total. The van der Waals surface area contributed by atoms with E-state index in [1.54, 1.807) is 30.3 Å². The first kappa shape index (κ1) is 14.3. The fourth-order valence-corrected chi connectivity index (χ4v) is 4.45. The Bertz CT molecular complexity index is 916. The summed E-state index contributed by atoms with van der Waals surface area (Å²) in [7, 11) is -3.66. The topological polar surface area (TPSA) is 52.0 Å². The Labute approximate surface area is 131 Å².